The molecule has 0 fully saturated rings. The first-order chi connectivity index (χ1) is 8.35. The van der Waals surface area contributed by atoms with Crippen molar-refractivity contribution < 1.29 is 4.74 Å². The van der Waals surface area contributed by atoms with Crippen molar-refractivity contribution >= 4 is 0 Å². The summed E-state index contributed by atoms with van der Waals surface area (Å²) in [5.41, 5.74) is 0. The van der Waals surface area contributed by atoms with Crippen LogP contribution in [0.25, 0.3) is 0 Å². The fourth-order valence-electron chi connectivity index (χ4n) is 1.91. The van der Waals surface area contributed by atoms with Crippen molar-refractivity contribution in [3.05, 3.63) is 0 Å². The molecule has 0 aromatic carbocycles. The third-order valence-electron chi connectivity index (χ3n) is 3.22. The van der Waals surface area contributed by atoms with Crippen LogP contribution in [0.15, 0.2) is 0 Å². The zero-order valence-electron chi connectivity index (χ0n) is 11.7. The highest BCUT2D eigenvalue weighted by Crippen LogP contribution is 2.13. The van der Waals surface area contributed by atoms with Gasteiger partial charge in [0.25, 0.3) is 0 Å². The van der Waals surface area contributed by atoms with E-state index in [1.165, 1.54) is 38.5 Å². The van der Waals surface area contributed by atoms with Crippen molar-refractivity contribution in [2.75, 3.05) is 13.2 Å². The van der Waals surface area contributed by atoms with Crippen molar-refractivity contribution in [2.24, 2.45) is 5.92 Å². The molecule has 0 bridgehead atoms. The van der Waals surface area contributed by atoms with Gasteiger partial charge in [-0.3, -0.25) is 0 Å². The minimum Gasteiger partial charge on any atom is -0.381 e. The molecule has 0 aromatic rings. The lowest BCUT2D eigenvalue weighted by Gasteiger charge is -2.14. The molecule has 0 aliphatic heterocycles. The molecular weight excluding hydrogens is 210 g/mol. The van der Waals surface area contributed by atoms with Crippen molar-refractivity contribution in [3.63, 3.8) is 0 Å². The van der Waals surface area contributed by atoms with Gasteiger partial charge in [0.05, 0.1) is 6.07 Å². The van der Waals surface area contributed by atoms with Crippen LogP contribution in [-0.4, -0.2) is 13.2 Å². The lowest BCUT2D eigenvalue weighted by molar-refractivity contribution is 0.0908. The van der Waals surface area contributed by atoms with Crippen molar-refractivity contribution in [3.8, 4) is 6.07 Å². The number of ether oxygens (including phenoxy) is 1. The molecule has 100 valence electrons. The smallest absolute Gasteiger partial charge is 0.0621 e. The fourth-order valence-corrected chi connectivity index (χ4v) is 1.91. The summed E-state index contributed by atoms with van der Waals surface area (Å²) in [6, 6.07) is 2.18. The van der Waals surface area contributed by atoms with Gasteiger partial charge in [-0.05, 0) is 25.2 Å². The van der Waals surface area contributed by atoms with Gasteiger partial charge >= 0.3 is 0 Å². The molecule has 0 amide bonds. The molecule has 2 heteroatoms. The summed E-state index contributed by atoms with van der Waals surface area (Å²) < 4.78 is 5.73. The van der Waals surface area contributed by atoms with E-state index in [2.05, 4.69) is 19.9 Å². The number of unbranched alkanes of at least 4 members (excludes halogenated alkanes) is 5. The molecule has 0 saturated heterocycles. The maximum atomic E-state index is 8.39. The minimum absolute atomic E-state index is 0.704. The summed E-state index contributed by atoms with van der Waals surface area (Å²) in [7, 11) is 0. The first-order valence-electron chi connectivity index (χ1n) is 7.29. The molecule has 0 radical (unpaired) electrons. The standard InChI is InChI=1S/C15H29NO/c1-3-5-11-15(4-2)14-17-13-10-8-6-7-9-12-16/h15H,3-11,13-14H2,1-2H3. The molecule has 17 heavy (non-hydrogen) atoms. The van der Waals surface area contributed by atoms with Gasteiger partial charge in [-0.25, -0.2) is 0 Å². The Labute approximate surface area is 107 Å². The van der Waals surface area contributed by atoms with Crippen LogP contribution in [0.1, 0.15) is 71.6 Å². The van der Waals surface area contributed by atoms with E-state index in [-0.39, 0.29) is 0 Å². The average Bonchev–Trinajstić information content (AvgIpc) is 2.36. The lowest BCUT2D eigenvalue weighted by atomic mass is 10.0. The van der Waals surface area contributed by atoms with Gasteiger partial charge in [0, 0.05) is 19.6 Å². The quantitative estimate of drug-likeness (QED) is 0.463. The largest absolute Gasteiger partial charge is 0.381 e. The van der Waals surface area contributed by atoms with Crippen molar-refractivity contribution in [2.45, 2.75) is 71.6 Å². The molecule has 2 nitrogen and oxygen atoms in total. The SMILES string of the molecule is CCCCC(CC)COCCCCCCC#N. The van der Waals surface area contributed by atoms with Crippen molar-refractivity contribution in [1.29, 1.82) is 5.26 Å². The number of nitriles is 1. The number of rotatable bonds is 12. The maximum Gasteiger partial charge on any atom is 0.0621 e. The van der Waals surface area contributed by atoms with E-state index in [9.17, 15) is 0 Å². The Kier molecular flexibility index (Phi) is 13.1. The molecule has 0 N–H and O–H groups in total. The molecule has 0 aromatic heterocycles. The Morgan fingerprint density at radius 1 is 1.06 bits per heavy atom. The first-order valence-corrected chi connectivity index (χ1v) is 7.29. The van der Waals surface area contributed by atoms with Crippen LogP contribution in [0.3, 0.4) is 0 Å². The van der Waals surface area contributed by atoms with E-state index in [0.29, 0.717) is 6.42 Å². The summed E-state index contributed by atoms with van der Waals surface area (Å²) in [6.07, 6.45) is 10.4. The van der Waals surface area contributed by atoms with Gasteiger partial charge in [-0.1, -0.05) is 46.0 Å². The second kappa shape index (κ2) is 13.5. The topological polar surface area (TPSA) is 33.0 Å². The molecule has 0 saturated carbocycles. The van der Waals surface area contributed by atoms with E-state index in [0.717, 1.165) is 32.0 Å². The molecule has 1 atom stereocenters. The highest BCUT2D eigenvalue weighted by molar-refractivity contribution is 4.67. The zero-order chi connectivity index (χ0) is 12.8. The summed E-state index contributed by atoms with van der Waals surface area (Å²) in [5.74, 6) is 0.758. The second-order valence-corrected chi connectivity index (χ2v) is 4.81. The van der Waals surface area contributed by atoms with E-state index in [4.69, 9.17) is 10.00 Å². The van der Waals surface area contributed by atoms with Crippen molar-refractivity contribution in [1.82, 2.24) is 0 Å². The average molecular weight is 239 g/mol. The summed E-state index contributed by atoms with van der Waals surface area (Å²) in [4.78, 5) is 0. The van der Waals surface area contributed by atoms with Crippen LogP contribution < -0.4 is 0 Å². The van der Waals surface area contributed by atoms with E-state index >= 15 is 0 Å². The summed E-state index contributed by atoms with van der Waals surface area (Å²) in [5, 5.41) is 8.39. The fraction of sp³-hybridized carbons (Fsp3) is 0.933. The Balaban J connectivity index is 3.22. The van der Waals surface area contributed by atoms with Crippen LogP contribution in [0.4, 0.5) is 0 Å². The Hall–Kier alpha value is -0.550. The highest BCUT2D eigenvalue weighted by atomic mass is 16.5. The minimum atomic E-state index is 0.704. The second-order valence-electron chi connectivity index (χ2n) is 4.81. The summed E-state index contributed by atoms with van der Waals surface area (Å²) >= 11 is 0. The maximum absolute atomic E-state index is 8.39. The van der Waals surface area contributed by atoms with E-state index in [1.54, 1.807) is 0 Å². The van der Waals surface area contributed by atoms with E-state index < -0.39 is 0 Å². The van der Waals surface area contributed by atoms with Gasteiger partial charge in [0.1, 0.15) is 0 Å². The normalized spacial score (nSPS) is 12.3. The van der Waals surface area contributed by atoms with Gasteiger partial charge in [-0.15, -0.1) is 0 Å². The molecule has 0 aliphatic rings. The molecule has 1 unspecified atom stereocenters. The number of hydrogen-bond acceptors (Lipinski definition) is 2. The van der Waals surface area contributed by atoms with Gasteiger partial charge in [0.2, 0.25) is 0 Å². The van der Waals surface area contributed by atoms with E-state index in [1.807, 2.05) is 0 Å². The van der Waals surface area contributed by atoms with Crippen LogP contribution in [0.5, 0.6) is 0 Å². The highest BCUT2D eigenvalue weighted by Gasteiger charge is 2.05. The van der Waals surface area contributed by atoms with Crippen LogP contribution in [0.2, 0.25) is 0 Å². The predicted octanol–water partition coefficient (Wildman–Crippen LogP) is 4.69. The predicted molar refractivity (Wildman–Crippen MR) is 72.8 cm³/mol. The van der Waals surface area contributed by atoms with Crippen LogP contribution >= 0.6 is 0 Å². The molecule has 0 aliphatic carbocycles. The number of nitrogens with zero attached hydrogens (tertiary/aromatic N) is 1. The lowest BCUT2D eigenvalue weighted by Crippen LogP contribution is -2.09. The monoisotopic (exact) mass is 239 g/mol. The Morgan fingerprint density at radius 2 is 1.82 bits per heavy atom. The number of hydrogen-bond donors (Lipinski definition) is 0. The van der Waals surface area contributed by atoms with Crippen LogP contribution in [-0.2, 0) is 4.74 Å². The molecule has 0 spiro atoms. The Bertz CT molecular complexity index is 186. The zero-order valence-corrected chi connectivity index (χ0v) is 11.7. The van der Waals surface area contributed by atoms with Gasteiger partial charge in [0.15, 0.2) is 0 Å². The first kappa shape index (κ1) is 16.4. The molecule has 0 heterocycles. The van der Waals surface area contributed by atoms with Gasteiger partial charge < -0.3 is 4.74 Å². The Morgan fingerprint density at radius 3 is 2.47 bits per heavy atom. The summed E-state index contributed by atoms with van der Waals surface area (Å²) in [6.45, 7) is 6.34. The molecular formula is C15H29NO. The van der Waals surface area contributed by atoms with Gasteiger partial charge in [-0.2, -0.15) is 5.26 Å². The molecule has 0 rings (SSSR count). The third kappa shape index (κ3) is 11.7. The van der Waals surface area contributed by atoms with Crippen LogP contribution in [0, 0.1) is 17.2 Å². The third-order valence-corrected chi connectivity index (χ3v) is 3.22.